The van der Waals surface area contributed by atoms with Crippen LogP contribution in [0.4, 0.5) is 0 Å². The molecule has 0 saturated carbocycles. The molecule has 0 bridgehead atoms. The average molecular weight is 177 g/mol. The van der Waals surface area contributed by atoms with Crippen molar-refractivity contribution in [3.8, 4) is 0 Å². The third-order valence-corrected chi connectivity index (χ3v) is 1.00. The van der Waals surface area contributed by atoms with Crippen LogP contribution in [0.1, 0.15) is 6.92 Å². The first-order valence-corrected chi connectivity index (χ1v) is 3.27. The molecule has 1 N–H and O–H groups in total. The van der Waals surface area contributed by atoms with Crippen LogP contribution in [-0.4, -0.2) is 11.7 Å². The highest BCUT2D eigenvalue weighted by molar-refractivity contribution is 9.11. The minimum atomic E-state index is 0.114. The maximum Gasteiger partial charge on any atom is 0.0617 e. The van der Waals surface area contributed by atoms with Gasteiger partial charge >= 0.3 is 0 Å². The SMILES string of the molecule is CC(/C=C/Br)=C\CO. The monoisotopic (exact) mass is 176 g/mol. The van der Waals surface area contributed by atoms with Crippen LogP contribution in [-0.2, 0) is 0 Å². The summed E-state index contributed by atoms with van der Waals surface area (Å²) in [6, 6.07) is 0. The molecular weight excluding hydrogens is 168 g/mol. The Hall–Kier alpha value is -0.0800. The maximum absolute atomic E-state index is 8.34. The molecule has 0 aliphatic rings. The molecule has 0 aliphatic heterocycles. The minimum Gasteiger partial charge on any atom is -0.392 e. The van der Waals surface area contributed by atoms with Crippen molar-refractivity contribution >= 4 is 15.9 Å². The minimum absolute atomic E-state index is 0.114. The lowest BCUT2D eigenvalue weighted by Crippen LogP contribution is -1.73. The summed E-state index contributed by atoms with van der Waals surface area (Å²) in [7, 11) is 0. The number of hydrogen-bond donors (Lipinski definition) is 1. The van der Waals surface area contributed by atoms with Gasteiger partial charge in [0.05, 0.1) is 6.61 Å². The highest BCUT2D eigenvalue weighted by Gasteiger charge is 1.75. The predicted octanol–water partition coefficient (Wildman–Crippen LogP) is 1.83. The van der Waals surface area contributed by atoms with Crippen LogP contribution in [0.2, 0.25) is 0 Å². The lowest BCUT2D eigenvalue weighted by molar-refractivity contribution is 0.342. The highest BCUT2D eigenvalue weighted by Crippen LogP contribution is 1.95. The molecule has 0 aromatic heterocycles. The second kappa shape index (κ2) is 5.06. The van der Waals surface area contributed by atoms with Gasteiger partial charge in [-0.05, 0) is 11.9 Å². The number of halogens is 1. The summed E-state index contributed by atoms with van der Waals surface area (Å²) in [5.74, 6) is 0. The maximum atomic E-state index is 8.34. The topological polar surface area (TPSA) is 20.2 Å². The van der Waals surface area contributed by atoms with Gasteiger partial charge in [-0.15, -0.1) is 0 Å². The zero-order chi connectivity index (χ0) is 6.41. The molecule has 0 fully saturated rings. The van der Waals surface area contributed by atoms with E-state index in [2.05, 4.69) is 15.9 Å². The van der Waals surface area contributed by atoms with Gasteiger partial charge < -0.3 is 5.11 Å². The lowest BCUT2D eigenvalue weighted by atomic mass is 10.3. The molecule has 0 aliphatic carbocycles. The van der Waals surface area contributed by atoms with E-state index in [1.165, 1.54) is 0 Å². The van der Waals surface area contributed by atoms with Gasteiger partial charge in [-0.1, -0.05) is 33.7 Å². The molecule has 0 aromatic rings. The summed E-state index contributed by atoms with van der Waals surface area (Å²) in [5.41, 5.74) is 1.06. The Morgan fingerprint density at radius 2 is 2.38 bits per heavy atom. The van der Waals surface area contributed by atoms with Gasteiger partial charge in [0.25, 0.3) is 0 Å². The van der Waals surface area contributed by atoms with Crippen LogP contribution in [0.25, 0.3) is 0 Å². The predicted molar refractivity (Wildman–Crippen MR) is 38.9 cm³/mol. The largest absolute Gasteiger partial charge is 0.392 e. The quantitative estimate of drug-likeness (QED) is 0.638. The summed E-state index contributed by atoms with van der Waals surface area (Å²) >= 11 is 3.12. The Balaban J connectivity index is 3.61. The van der Waals surface area contributed by atoms with Crippen LogP contribution in [0.3, 0.4) is 0 Å². The summed E-state index contributed by atoms with van der Waals surface area (Å²) in [6.45, 7) is 2.04. The molecule has 0 spiro atoms. The van der Waals surface area contributed by atoms with Crippen molar-refractivity contribution in [1.82, 2.24) is 0 Å². The summed E-state index contributed by atoms with van der Waals surface area (Å²) in [4.78, 5) is 1.76. The first-order valence-electron chi connectivity index (χ1n) is 2.35. The Morgan fingerprint density at radius 3 is 2.75 bits per heavy atom. The van der Waals surface area contributed by atoms with E-state index in [1.807, 2.05) is 13.0 Å². The van der Waals surface area contributed by atoms with E-state index in [0.717, 1.165) is 5.57 Å². The molecule has 0 heterocycles. The zero-order valence-corrected chi connectivity index (χ0v) is 6.35. The van der Waals surface area contributed by atoms with Crippen molar-refractivity contribution in [3.05, 3.63) is 22.7 Å². The van der Waals surface area contributed by atoms with Crippen molar-refractivity contribution in [1.29, 1.82) is 0 Å². The summed E-state index contributed by atoms with van der Waals surface area (Å²) in [6.07, 6.45) is 3.61. The number of allylic oxidation sites excluding steroid dienone is 2. The number of hydrogen-bond acceptors (Lipinski definition) is 1. The number of aliphatic hydroxyl groups is 1. The molecule has 0 unspecified atom stereocenters. The van der Waals surface area contributed by atoms with Crippen molar-refractivity contribution in [2.75, 3.05) is 6.61 Å². The van der Waals surface area contributed by atoms with Crippen molar-refractivity contribution in [2.24, 2.45) is 0 Å². The van der Waals surface area contributed by atoms with Gasteiger partial charge in [-0.3, -0.25) is 0 Å². The van der Waals surface area contributed by atoms with E-state index >= 15 is 0 Å². The van der Waals surface area contributed by atoms with Gasteiger partial charge in [0.1, 0.15) is 0 Å². The first-order chi connectivity index (χ1) is 3.81. The van der Waals surface area contributed by atoms with Crippen LogP contribution in [0.5, 0.6) is 0 Å². The van der Waals surface area contributed by atoms with E-state index < -0.39 is 0 Å². The smallest absolute Gasteiger partial charge is 0.0617 e. The van der Waals surface area contributed by atoms with Crippen molar-refractivity contribution in [3.63, 3.8) is 0 Å². The molecule has 0 saturated heterocycles. The first kappa shape index (κ1) is 7.92. The van der Waals surface area contributed by atoms with E-state index in [1.54, 1.807) is 11.1 Å². The molecule has 0 amide bonds. The van der Waals surface area contributed by atoms with Gasteiger partial charge in [-0.2, -0.15) is 0 Å². The Bertz CT molecular complexity index is 105. The van der Waals surface area contributed by atoms with Crippen molar-refractivity contribution in [2.45, 2.75) is 6.92 Å². The number of aliphatic hydroxyl groups excluding tert-OH is 1. The number of rotatable bonds is 2. The summed E-state index contributed by atoms with van der Waals surface area (Å²) < 4.78 is 0. The Labute approximate surface area is 57.8 Å². The van der Waals surface area contributed by atoms with E-state index in [4.69, 9.17) is 5.11 Å². The molecule has 2 heteroatoms. The molecule has 8 heavy (non-hydrogen) atoms. The van der Waals surface area contributed by atoms with E-state index in [-0.39, 0.29) is 6.61 Å². The van der Waals surface area contributed by atoms with Crippen LogP contribution >= 0.6 is 15.9 Å². The highest BCUT2D eigenvalue weighted by atomic mass is 79.9. The molecule has 0 radical (unpaired) electrons. The molecular formula is C6H9BrO. The fourth-order valence-corrected chi connectivity index (χ4v) is 0.728. The van der Waals surface area contributed by atoms with Crippen LogP contribution in [0.15, 0.2) is 22.7 Å². The lowest BCUT2D eigenvalue weighted by Gasteiger charge is -1.84. The van der Waals surface area contributed by atoms with E-state index in [0.29, 0.717) is 0 Å². The standard InChI is InChI=1S/C6H9BrO/c1-6(2-4-7)3-5-8/h2-4,8H,5H2,1H3/b4-2+,6-3+. The third-order valence-electron chi connectivity index (χ3n) is 0.739. The third kappa shape index (κ3) is 4.09. The van der Waals surface area contributed by atoms with Gasteiger partial charge in [0, 0.05) is 0 Å². The molecule has 1 nitrogen and oxygen atoms in total. The van der Waals surface area contributed by atoms with Crippen molar-refractivity contribution < 1.29 is 5.11 Å². The van der Waals surface area contributed by atoms with Gasteiger partial charge in [0.2, 0.25) is 0 Å². The summed E-state index contributed by atoms with van der Waals surface area (Å²) in [5, 5.41) is 8.34. The molecule has 46 valence electrons. The molecule has 0 atom stereocenters. The second-order valence-corrected chi connectivity index (χ2v) is 1.95. The van der Waals surface area contributed by atoms with Crippen LogP contribution in [0, 0.1) is 0 Å². The Kier molecular flexibility index (Phi) is 5.01. The van der Waals surface area contributed by atoms with Gasteiger partial charge in [-0.25, -0.2) is 0 Å². The zero-order valence-electron chi connectivity index (χ0n) is 4.76. The average Bonchev–Trinajstić information content (AvgIpc) is 1.68. The Morgan fingerprint density at radius 1 is 1.75 bits per heavy atom. The molecule has 0 aromatic carbocycles. The second-order valence-electron chi connectivity index (χ2n) is 1.42. The fraction of sp³-hybridized carbons (Fsp3) is 0.333. The molecule has 0 rings (SSSR count). The fourth-order valence-electron chi connectivity index (χ4n) is 0.311. The van der Waals surface area contributed by atoms with Crippen LogP contribution < -0.4 is 0 Å². The van der Waals surface area contributed by atoms with Gasteiger partial charge in [0.15, 0.2) is 0 Å². The van der Waals surface area contributed by atoms with E-state index in [9.17, 15) is 0 Å². The normalized spacial score (nSPS) is 13.1.